The number of carbonyl (C=O) groups excluding carboxylic acids is 1. The lowest BCUT2D eigenvalue weighted by atomic mass is 10.0. The summed E-state index contributed by atoms with van der Waals surface area (Å²) < 4.78 is 8.07. The van der Waals surface area contributed by atoms with Crippen LogP contribution in [0.3, 0.4) is 0 Å². The van der Waals surface area contributed by atoms with Crippen LogP contribution >= 0.6 is 11.8 Å². The summed E-state index contributed by atoms with van der Waals surface area (Å²) in [6, 6.07) is 10.3. The molecule has 2 aliphatic heterocycles. The third kappa shape index (κ3) is 6.04. The van der Waals surface area contributed by atoms with Crippen LogP contribution in [-0.4, -0.2) is 52.2 Å². The van der Waals surface area contributed by atoms with Crippen molar-refractivity contribution in [2.45, 2.75) is 75.7 Å². The Labute approximate surface area is 195 Å². The van der Waals surface area contributed by atoms with Crippen molar-refractivity contribution >= 4 is 23.6 Å². The van der Waals surface area contributed by atoms with Crippen LogP contribution in [0.5, 0.6) is 0 Å². The minimum atomic E-state index is 0.0310. The smallest absolute Gasteiger partial charge is 0.230 e. The zero-order chi connectivity index (χ0) is 22.2. The van der Waals surface area contributed by atoms with Gasteiger partial charge in [0.1, 0.15) is 0 Å². The summed E-state index contributed by atoms with van der Waals surface area (Å²) in [5.41, 5.74) is 1.15. The predicted molar refractivity (Wildman–Crippen MR) is 128 cm³/mol. The fourth-order valence-electron chi connectivity index (χ4n) is 4.53. The van der Waals surface area contributed by atoms with E-state index in [-0.39, 0.29) is 18.1 Å². The summed E-state index contributed by atoms with van der Waals surface area (Å²) in [4.78, 5) is 15.2. The number of amides is 1. The molecule has 2 atom stereocenters. The van der Waals surface area contributed by atoms with Gasteiger partial charge >= 0.3 is 0 Å². The second-order valence-electron chi connectivity index (χ2n) is 8.68. The molecule has 2 fully saturated rings. The minimum Gasteiger partial charge on any atom is -0.376 e. The summed E-state index contributed by atoms with van der Waals surface area (Å²) in [5.74, 6) is 1.29. The highest BCUT2D eigenvalue weighted by Gasteiger charge is 2.25. The predicted octanol–water partition coefficient (Wildman–Crippen LogP) is 4.20. The van der Waals surface area contributed by atoms with Gasteiger partial charge in [-0.05, 0) is 44.1 Å². The summed E-state index contributed by atoms with van der Waals surface area (Å²) in [7, 11) is 0. The van der Waals surface area contributed by atoms with Crippen LogP contribution < -0.4 is 10.2 Å². The first kappa shape index (κ1) is 23.1. The lowest BCUT2D eigenvalue weighted by Gasteiger charge is -2.28. The Morgan fingerprint density at radius 1 is 1.19 bits per heavy atom. The van der Waals surface area contributed by atoms with Crippen LogP contribution in [0, 0.1) is 0 Å². The molecule has 8 heteroatoms. The number of anilines is 1. The van der Waals surface area contributed by atoms with Crippen molar-refractivity contribution in [3.63, 3.8) is 0 Å². The number of rotatable bonds is 10. The summed E-state index contributed by atoms with van der Waals surface area (Å²) >= 11 is 1.47. The Balaban J connectivity index is 1.42. The average Bonchev–Trinajstić information content (AvgIpc) is 3.49. The molecular formula is C24H35N5O2S. The molecule has 2 aromatic rings. The van der Waals surface area contributed by atoms with E-state index in [2.05, 4.69) is 44.0 Å². The van der Waals surface area contributed by atoms with E-state index in [9.17, 15) is 4.79 Å². The van der Waals surface area contributed by atoms with Crippen molar-refractivity contribution in [3.8, 4) is 0 Å². The van der Waals surface area contributed by atoms with Gasteiger partial charge in [-0.25, -0.2) is 0 Å². The van der Waals surface area contributed by atoms with Crippen LogP contribution in [0.15, 0.2) is 35.5 Å². The molecular weight excluding hydrogens is 422 g/mol. The number of benzene rings is 1. The zero-order valence-corrected chi connectivity index (χ0v) is 19.9. The van der Waals surface area contributed by atoms with Gasteiger partial charge in [0.2, 0.25) is 11.9 Å². The Morgan fingerprint density at radius 2 is 2.00 bits per heavy atom. The SMILES string of the molecule is CCCC(NC(=O)CSc1nnc(N2CCCCC2)n1CC1CCCO1)c1ccccc1. The average molecular weight is 458 g/mol. The van der Waals surface area contributed by atoms with E-state index in [1.807, 2.05) is 18.2 Å². The second kappa shape index (κ2) is 11.7. The van der Waals surface area contributed by atoms with E-state index in [0.29, 0.717) is 5.75 Å². The highest BCUT2D eigenvalue weighted by atomic mass is 32.2. The molecule has 2 unspecified atom stereocenters. The molecule has 3 heterocycles. The van der Waals surface area contributed by atoms with Crippen molar-refractivity contribution in [2.24, 2.45) is 0 Å². The lowest BCUT2D eigenvalue weighted by Crippen LogP contribution is -2.33. The summed E-state index contributed by atoms with van der Waals surface area (Å²) in [6.07, 6.45) is 7.98. The Hall–Kier alpha value is -2.06. The quantitative estimate of drug-likeness (QED) is 0.539. The molecule has 7 nitrogen and oxygen atoms in total. The van der Waals surface area contributed by atoms with E-state index in [1.54, 1.807) is 0 Å². The monoisotopic (exact) mass is 457 g/mol. The van der Waals surface area contributed by atoms with E-state index >= 15 is 0 Å². The van der Waals surface area contributed by atoms with Gasteiger partial charge in [0, 0.05) is 19.7 Å². The van der Waals surface area contributed by atoms with Crippen molar-refractivity contribution in [3.05, 3.63) is 35.9 Å². The van der Waals surface area contributed by atoms with Crippen molar-refractivity contribution < 1.29 is 9.53 Å². The molecule has 0 radical (unpaired) electrons. The first-order chi connectivity index (χ1) is 15.7. The maximum absolute atomic E-state index is 12.8. The number of carbonyl (C=O) groups is 1. The molecule has 32 heavy (non-hydrogen) atoms. The molecule has 1 aromatic carbocycles. The molecule has 4 rings (SSSR count). The molecule has 174 valence electrons. The molecule has 1 amide bonds. The summed E-state index contributed by atoms with van der Waals surface area (Å²) in [5, 5.41) is 13.0. The van der Waals surface area contributed by atoms with Gasteiger partial charge in [-0.2, -0.15) is 0 Å². The van der Waals surface area contributed by atoms with E-state index < -0.39 is 0 Å². The minimum absolute atomic E-state index is 0.0310. The number of nitrogens with one attached hydrogen (secondary N) is 1. The van der Waals surface area contributed by atoms with Crippen LogP contribution in [-0.2, 0) is 16.1 Å². The highest BCUT2D eigenvalue weighted by molar-refractivity contribution is 7.99. The summed E-state index contributed by atoms with van der Waals surface area (Å²) in [6.45, 7) is 5.77. The van der Waals surface area contributed by atoms with Gasteiger partial charge in [-0.3, -0.25) is 9.36 Å². The maximum atomic E-state index is 12.8. The molecule has 0 saturated carbocycles. The van der Waals surface area contributed by atoms with Gasteiger partial charge < -0.3 is 15.0 Å². The van der Waals surface area contributed by atoms with Crippen molar-refractivity contribution in [2.75, 3.05) is 30.3 Å². The van der Waals surface area contributed by atoms with Gasteiger partial charge in [0.05, 0.1) is 24.4 Å². The standard InChI is InChI=1S/C24H35N5O2S/c1-2-10-21(19-11-5-3-6-12-19)25-22(30)18-32-24-27-26-23(28-14-7-4-8-15-28)29(24)17-20-13-9-16-31-20/h3,5-6,11-12,20-21H,2,4,7-10,13-18H2,1H3,(H,25,30). The largest absolute Gasteiger partial charge is 0.376 e. The van der Waals surface area contributed by atoms with Gasteiger partial charge in [0.25, 0.3) is 0 Å². The van der Waals surface area contributed by atoms with E-state index in [4.69, 9.17) is 4.74 Å². The maximum Gasteiger partial charge on any atom is 0.230 e. The number of thioether (sulfide) groups is 1. The van der Waals surface area contributed by atoms with Crippen LogP contribution in [0.4, 0.5) is 5.95 Å². The molecule has 2 saturated heterocycles. The first-order valence-electron chi connectivity index (χ1n) is 12.0. The third-order valence-corrected chi connectivity index (χ3v) is 7.16. The van der Waals surface area contributed by atoms with E-state index in [0.717, 1.165) is 68.6 Å². The number of nitrogens with zero attached hydrogens (tertiary/aromatic N) is 4. The molecule has 1 N–H and O–H groups in total. The van der Waals surface area contributed by atoms with Crippen LogP contribution in [0.1, 0.15) is 63.5 Å². The molecule has 0 aliphatic carbocycles. The number of piperidine rings is 1. The van der Waals surface area contributed by atoms with Crippen LogP contribution in [0.2, 0.25) is 0 Å². The molecule has 0 spiro atoms. The second-order valence-corrected chi connectivity index (χ2v) is 9.63. The molecule has 1 aromatic heterocycles. The van der Waals surface area contributed by atoms with Crippen molar-refractivity contribution in [1.82, 2.24) is 20.1 Å². The molecule has 0 bridgehead atoms. The number of hydrogen-bond donors (Lipinski definition) is 1. The van der Waals surface area contributed by atoms with Gasteiger partial charge in [-0.15, -0.1) is 10.2 Å². The Bertz CT molecular complexity index is 847. The Kier molecular flexibility index (Phi) is 8.45. The zero-order valence-electron chi connectivity index (χ0n) is 19.0. The normalized spacial score (nSPS) is 19.8. The van der Waals surface area contributed by atoms with E-state index in [1.165, 1.54) is 31.0 Å². The van der Waals surface area contributed by atoms with Gasteiger partial charge in [-0.1, -0.05) is 55.4 Å². The highest BCUT2D eigenvalue weighted by Crippen LogP contribution is 2.27. The topological polar surface area (TPSA) is 72.3 Å². The number of aromatic nitrogens is 3. The number of hydrogen-bond acceptors (Lipinski definition) is 6. The van der Waals surface area contributed by atoms with Gasteiger partial charge in [0.15, 0.2) is 5.16 Å². The fourth-order valence-corrected chi connectivity index (χ4v) is 5.28. The molecule has 2 aliphatic rings. The van der Waals surface area contributed by atoms with Crippen LogP contribution in [0.25, 0.3) is 0 Å². The third-order valence-electron chi connectivity index (χ3n) is 6.19. The first-order valence-corrected chi connectivity index (χ1v) is 13.0. The van der Waals surface area contributed by atoms with Crippen molar-refractivity contribution in [1.29, 1.82) is 0 Å². The Morgan fingerprint density at radius 3 is 2.72 bits per heavy atom. The lowest BCUT2D eigenvalue weighted by molar-refractivity contribution is -0.119. The fraction of sp³-hybridized carbons (Fsp3) is 0.625. The number of ether oxygens (including phenoxy) is 1.